The Labute approximate surface area is 203 Å². The highest BCUT2D eigenvalue weighted by atomic mass is 16.7. The van der Waals surface area contributed by atoms with Crippen molar-refractivity contribution in [1.82, 2.24) is 0 Å². The summed E-state index contributed by atoms with van der Waals surface area (Å²) in [5.74, 6) is 0. The van der Waals surface area contributed by atoms with Crippen LogP contribution in [0.4, 0.5) is 0 Å². The van der Waals surface area contributed by atoms with Gasteiger partial charge in [-0.05, 0) is 39.5 Å². The van der Waals surface area contributed by atoms with E-state index >= 15 is 0 Å². The summed E-state index contributed by atoms with van der Waals surface area (Å²) in [7, 11) is 0. The van der Waals surface area contributed by atoms with Gasteiger partial charge in [-0.25, -0.2) is 0 Å². The zero-order valence-electron chi connectivity index (χ0n) is 21.4. The molecule has 10 nitrogen and oxygen atoms in total. The van der Waals surface area contributed by atoms with Crippen LogP contribution in [0, 0.1) is 0 Å². The van der Waals surface area contributed by atoms with Crippen LogP contribution < -0.4 is 0 Å². The van der Waals surface area contributed by atoms with Crippen LogP contribution in [0.15, 0.2) is 0 Å². The second-order valence-corrected chi connectivity index (χ2v) is 9.92. The molecule has 2 aliphatic rings. The van der Waals surface area contributed by atoms with Crippen LogP contribution in [-0.2, 0) is 23.7 Å². The normalized spacial score (nSPS) is 37.7. The Kier molecular flexibility index (Phi) is 11.2. The molecule has 0 spiro atoms. The maximum atomic E-state index is 10.8. The van der Waals surface area contributed by atoms with Gasteiger partial charge >= 0.3 is 0 Å². The fourth-order valence-corrected chi connectivity index (χ4v) is 4.21. The van der Waals surface area contributed by atoms with E-state index in [0.29, 0.717) is 12.8 Å². The zero-order chi connectivity index (χ0) is 25.7. The molecule has 5 N–H and O–H groups in total. The Morgan fingerprint density at radius 1 is 0.735 bits per heavy atom. The van der Waals surface area contributed by atoms with Gasteiger partial charge in [-0.15, -0.1) is 0 Å². The van der Waals surface area contributed by atoms with E-state index in [9.17, 15) is 25.5 Å². The van der Waals surface area contributed by atoms with E-state index in [4.69, 9.17) is 23.7 Å². The van der Waals surface area contributed by atoms with Crippen molar-refractivity contribution in [3.63, 3.8) is 0 Å². The van der Waals surface area contributed by atoms with Crippen LogP contribution in [0.3, 0.4) is 0 Å². The Balaban J connectivity index is 2.10. The van der Waals surface area contributed by atoms with Crippen LogP contribution in [0.1, 0.15) is 73.6 Å². The van der Waals surface area contributed by atoms with E-state index in [2.05, 4.69) is 0 Å². The molecule has 202 valence electrons. The van der Waals surface area contributed by atoms with Crippen molar-refractivity contribution in [2.24, 2.45) is 0 Å². The van der Waals surface area contributed by atoms with Gasteiger partial charge in [0.2, 0.25) is 0 Å². The third-order valence-corrected chi connectivity index (χ3v) is 7.63. The predicted octanol–water partition coefficient (Wildman–Crippen LogP) is 0.838. The molecule has 10 heteroatoms. The summed E-state index contributed by atoms with van der Waals surface area (Å²) in [6.07, 6.45) is -6.91. The first-order chi connectivity index (χ1) is 16.0. The molecular formula is C24H46O10. The van der Waals surface area contributed by atoms with Crippen molar-refractivity contribution >= 4 is 0 Å². The van der Waals surface area contributed by atoms with E-state index in [1.165, 1.54) is 0 Å². The molecule has 0 saturated carbocycles. The van der Waals surface area contributed by atoms with Gasteiger partial charge < -0.3 is 49.2 Å². The van der Waals surface area contributed by atoms with Gasteiger partial charge in [0.1, 0.15) is 36.6 Å². The van der Waals surface area contributed by atoms with Crippen molar-refractivity contribution in [1.29, 1.82) is 0 Å². The summed E-state index contributed by atoms with van der Waals surface area (Å²) in [4.78, 5) is 0. The summed E-state index contributed by atoms with van der Waals surface area (Å²) in [6.45, 7) is 10.9. The number of hydrogen-bond donors (Lipinski definition) is 5. The molecule has 9 unspecified atom stereocenters. The topological polar surface area (TPSA) is 147 Å². The lowest BCUT2D eigenvalue weighted by molar-refractivity contribution is -0.363. The highest BCUT2D eigenvalue weighted by molar-refractivity contribution is 4.93. The van der Waals surface area contributed by atoms with E-state index < -0.39 is 73.1 Å². The molecule has 0 bridgehead atoms. The molecule has 0 aliphatic carbocycles. The molecule has 9 atom stereocenters. The van der Waals surface area contributed by atoms with Crippen LogP contribution in [0.5, 0.6) is 0 Å². The first-order valence-corrected chi connectivity index (χ1v) is 12.6. The van der Waals surface area contributed by atoms with E-state index in [0.717, 1.165) is 12.8 Å². The lowest BCUT2D eigenvalue weighted by atomic mass is 9.95. The molecule has 0 amide bonds. The molecule has 34 heavy (non-hydrogen) atoms. The van der Waals surface area contributed by atoms with Crippen LogP contribution in [-0.4, -0.2) is 105 Å². The van der Waals surface area contributed by atoms with Gasteiger partial charge in [-0.3, -0.25) is 0 Å². The Hall–Kier alpha value is -0.400. The largest absolute Gasteiger partial charge is 0.394 e. The molecule has 2 saturated heterocycles. The highest BCUT2D eigenvalue weighted by Crippen LogP contribution is 2.34. The van der Waals surface area contributed by atoms with Crippen molar-refractivity contribution in [3.8, 4) is 0 Å². The monoisotopic (exact) mass is 494 g/mol. The summed E-state index contributed by atoms with van der Waals surface area (Å²) < 4.78 is 29.5. The summed E-state index contributed by atoms with van der Waals surface area (Å²) >= 11 is 0. The molecule has 2 rings (SSSR count). The molecule has 0 aromatic heterocycles. The fourth-order valence-electron chi connectivity index (χ4n) is 4.21. The quantitative estimate of drug-likeness (QED) is 0.264. The minimum atomic E-state index is -1.46. The second kappa shape index (κ2) is 12.7. The van der Waals surface area contributed by atoms with Gasteiger partial charge in [0.05, 0.1) is 30.5 Å². The first kappa shape index (κ1) is 29.8. The third-order valence-electron chi connectivity index (χ3n) is 7.63. The summed E-state index contributed by atoms with van der Waals surface area (Å²) in [5.41, 5.74) is -0.995. The van der Waals surface area contributed by atoms with Crippen molar-refractivity contribution in [2.45, 2.75) is 140 Å². The van der Waals surface area contributed by atoms with Gasteiger partial charge in [-0.2, -0.15) is 0 Å². The second-order valence-electron chi connectivity index (χ2n) is 9.92. The number of aliphatic hydroxyl groups excluding tert-OH is 5. The standard InChI is InChI=1S/C24H46O10/c1-7-23(5,8-2)33-15-11-14(27)21(30-16(15)12-25)32-20-17(13-26)31-22(19(29)18(20)28)34-24(6,9-3)10-4/h14-22,25-29H,7-13H2,1-6H3. The fraction of sp³-hybridized carbons (Fsp3) is 1.00. The smallest absolute Gasteiger partial charge is 0.187 e. The molecule has 0 radical (unpaired) electrons. The number of hydrogen-bond acceptors (Lipinski definition) is 10. The van der Waals surface area contributed by atoms with Gasteiger partial charge in [0.15, 0.2) is 12.6 Å². The van der Waals surface area contributed by atoms with E-state index in [-0.39, 0.29) is 13.0 Å². The van der Waals surface area contributed by atoms with Crippen molar-refractivity contribution < 1.29 is 49.2 Å². The Morgan fingerprint density at radius 3 is 1.74 bits per heavy atom. The molecular weight excluding hydrogens is 448 g/mol. The molecule has 0 aromatic rings. The average Bonchev–Trinajstić information content (AvgIpc) is 2.84. The summed E-state index contributed by atoms with van der Waals surface area (Å²) in [6, 6.07) is 0. The first-order valence-electron chi connectivity index (χ1n) is 12.6. The lowest BCUT2D eigenvalue weighted by Crippen LogP contribution is -2.63. The Morgan fingerprint density at radius 2 is 1.24 bits per heavy atom. The van der Waals surface area contributed by atoms with E-state index in [1.54, 1.807) is 0 Å². The van der Waals surface area contributed by atoms with Crippen LogP contribution in [0.2, 0.25) is 0 Å². The lowest BCUT2D eigenvalue weighted by Gasteiger charge is -2.47. The minimum absolute atomic E-state index is 0.151. The number of rotatable bonds is 12. The van der Waals surface area contributed by atoms with Gasteiger partial charge in [0, 0.05) is 6.42 Å². The van der Waals surface area contributed by atoms with Crippen molar-refractivity contribution in [2.75, 3.05) is 13.2 Å². The third kappa shape index (κ3) is 6.88. The predicted molar refractivity (Wildman–Crippen MR) is 123 cm³/mol. The molecule has 2 heterocycles. The number of ether oxygens (including phenoxy) is 5. The Bertz CT molecular complexity index is 594. The highest BCUT2D eigenvalue weighted by Gasteiger charge is 2.50. The summed E-state index contributed by atoms with van der Waals surface area (Å²) in [5, 5.41) is 52.0. The van der Waals surface area contributed by atoms with Crippen LogP contribution >= 0.6 is 0 Å². The average molecular weight is 495 g/mol. The SMILES string of the molecule is CCC(C)(CC)OC1CC(O)C(OC2C(CO)OC(OC(C)(CC)CC)C(O)C2O)OC1CO. The van der Waals surface area contributed by atoms with Crippen LogP contribution in [0.25, 0.3) is 0 Å². The van der Waals surface area contributed by atoms with E-state index in [1.807, 2.05) is 41.5 Å². The van der Waals surface area contributed by atoms with Gasteiger partial charge in [0.25, 0.3) is 0 Å². The van der Waals surface area contributed by atoms with Crippen molar-refractivity contribution in [3.05, 3.63) is 0 Å². The molecule has 2 aliphatic heterocycles. The molecule has 0 aromatic carbocycles. The maximum Gasteiger partial charge on any atom is 0.187 e. The van der Waals surface area contributed by atoms with Gasteiger partial charge in [-0.1, -0.05) is 27.7 Å². The number of aliphatic hydroxyl groups is 5. The minimum Gasteiger partial charge on any atom is -0.394 e. The maximum absolute atomic E-state index is 10.8. The molecule has 2 fully saturated rings. The zero-order valence-corrected chi connectivity index (χ0v) is 21.4.